The van der Waals surface area contributed by atoms with Crippen LogP contribution in [-0.2, 0) is 10.8 Å². The molecule has 0 aromatic carbocycles. The van der Waals surface area contributed by atoms with E-state index in [2.05, 4.69) is 18.7 Å². The highest BCUT2D eigenvalue weighted by Gasteiger charge is 2.24. The number of rotatable bonds is 3. The van der Waals surface area contributed by atoms with Crippen molar-refractivity contribution in [3.05, 3.63) is 0 Å². The summed E-state index contributed by atoms with van der Waals surface area (Å²) in [6.45, 7) is 7.32. The van der Waals surface area contributed by atoms with Crippen LogP contribution in [0.5, 0.6) is 0 Å². The van der Waals surface area contributed by atoms with Crippen LogP contribution in [0.1, 0.15) is 20.3 Å². The standard InChI is InChI=1S/C10H22N2OS/c1-8-6-12(5-4-10(8)11)7-9(2)14(3)13/h8-10H,4-7,11H2,1-3H3. The maximum atomic E-state index is 11.2. The monoisotopic (exact) mass is 218 g/mol. The van der Waals surface area contributed by atoms with Gasteiger partial charge in [0.25, 0.3) is 0 Å². The molecule has 4 heteroatoms. The van der Waals surface area contributed by atoms with Gasteiger partial charge in [0.1, 0.15) is 0 Å². The lowest BCUT2D eigenvalue weighted by Crippen LogP contribution is -2.48. The molecule has 1 heterocycles. The molecule has 1 rings (SSSR count). The zero-order valence-corrected chi connectivity index (χ0v) is 10.2. The second kappa shape index (κ2) is 5.24. The van der Waals surface area contributed by atoms with Gasteiger partial charge in [0.15, 0.2) is 0 Å². The van der Waals surface area contributed by atoms with Gasteiger partial charge in [-0.2, -0.15) is 0 Å². The van der Waals surface area contributed by atoms with E-state index in [4.69, 9.17) is 5.73 Å². The normalized spacial score (nSPS) is 34.0. The van der Waals surface area contributed by atoms with Gasteiger partial charge in [0.2, 0.25) is 0 Å². The van der Waals surface area contributed by atoms with Gasteiger partial charge in [-0.15, -0.1) is 0 Å². The number of nitrogens with zero attached hydrogens (tertiary/aromatic N) is 1. The highest BCUT2D eigenvalue weighted by molar-refractivity contribution is 7.84. The second-order valence-electron chi connectivity index (χ2n) is 4.50. The van der Waals surface area contributed by atoms with Crippen LogP contribution in [-0.4, -0.2) is 46.3 Å². The molecular weight excluding hydrogens is 196 g/mol. The topological polar surface area (TPSA) is 46.3 Å². The fourth-order valence-electron chi connectivity index (χ4n) is 1.88. The van der Waals surface area contributed by atoms with Crippen LogP contribution in [0.15, 0.2) is 0 Å². The van der Waals surface area contributed by atoms with Gasteiger partial charge in [0, 0.05) is 41.4 Å². The van der Waals surface area contributed by atoms with Crippen LogP contribution in [0.2, 0.25) is 0 Å². The lowest BCUT2D eigenvalue weighted by molar-refractivity contribution is 0.166. The van der Waals surface area contributed by atoms with Crippen LogP contribution < -0.4 is 5.73 Å². The number of likely N-dealkylation sites (tertiary alicyclic amines) is 1. The summed E-state index contributed by atoms with van der Waals surface area (Å²) in [5, 5.41) is 0.275. The van der Waals surface area contributed by atoms with E-state index in [1.54, 1.807) is 6.26 Å². The molecule has 3 nitrogen and oxygen atoms in total. The summed E-state index contributed by atoms with van der Waals surface area (Å²) >= 11 is 0. The Balaban J connectivity index is 2.36. The van der Waals surface area contributed by atoms with E-state index in [-0.39, 0.29) is 5.25 Å². The van der Waals surface area contributed by atoms with Gasteiger partial charge in [0.05, 0.1) is 0 Å². The molecule has 0 radical (unpaired) electrons. The van der Waals surface area contributed by atoms with Crippen LogP contribution in [0, 0.1) is 5.92 Å². The van der Waals surface area contributed by atoms with Crippen LogP contribution >= 0.6 is 0 Å². The fraction of sp³-hybridized carbons (Fsp3) is 1.00. The molecule has 0 saturated carbocycles. The molecule has 4 unspecified atom stereocenters. The predicted octanol–water partition coefficient (Wildman–Crippen LogP) is 0.423. The molecule has 0 spiro atoms. The van der Waals surface area contributed by atoms with E-state index in [0.29, 0.717) is 12.0 Å². The van der Waals surface area contributed by atoms with Crippen molar-refractivity contribution >= 4 is 10.8 Å². The Kier molecular flexibility index (Phi) is 4.54. The minimum Gasteiger partial charge on any atom is -0.327 e. The third-order valence-corrected chi connectivity index (χ3v) is 4.42. The van der Waals surface area contributed by atoms with Crippen LogP contribution in [0.4, 0.5) is 0 Å². The Hall–Kier alpha value is 0.0700. The lowest BCUT2D eigenvalue weighted by atomic mass is 9.95. The number of nitrogens with two attached hydrogens (primary N) is 1. The Morgan fingerprint density at radius 1 is 1.64 bits per heavy atom. The summed E-state index contributed by atoms with van der Waals surface area (Å²) in [7, 11) is -0.705. The predicted molar refractivity (Wildman–Crippen MR) is 61.7 cm³/mol. The SMILES string of the molecule is CC1CN(CC(C)S(C)=O)CCC1N. The Bertz CT molecular complexity index is 210. The van der Waals surface area contributed by atoms with Crippen molar-refractivity contribution in [2.45, 2.75) is 31.6 Å². The molecule has 0 aromatic rings. The molecule has 2 N–H and O–H groups in total. The molecule has 84 valence electrons. The Labute approximate surface area is 89.5 Å². The number of hydrogen-bond acceptors (Lipinski definition) is 3. The molecule has 1 saturated heterocycles. The first-order valence-corrected chi connectivity index (χ1v) is 6.93. The quantitative estimate of drug-likeness (QED) is 0.747. The van der Waals surface area contributed by atoms with Crippen LogP contribution in [0.25, 0.3) is 0 Å². The van der Waals surface area contributed by atoms with E-state index >= 15 is 0 Å². The van der Waals surface area contributed by atoms with Gasteiger partial charge < -0.3 is 10.6 Å². The molecule has 1 aliphatic rings. The molecule has 0 bridgehead atoms. The van der Waals surface area contributed by atoms with E-state index < -0.39 is 10.8 Å². The highest BCUT2D eigenvalue weighted by Crippen LogP contribution is 2.15. The minimum absolute atomic E-state index is 0.275. The van der Waals surface area contributed by atoms with Crippen LogP contribution in [0.3, 0.4) is 0 Å². The molecule has 0 aliphatic carbocycles. The number of piperidine rings is 1. The molecule has 1 aliphatic heterocycles. The summed E-state index contributed by atoms with van der Waals surface area (Å²) in [5.74, 6) is 0.571. The molecule has 0 amide bonds. The first-order chi connectivity index (χ1) is 6.50. The summed E-state index contributed by atoms with van der Waals surface area (Å²) in [6, 6.07) is 0.355. The largest absolute Gasteiger partial charge is 0.327 e. The molecular formula is C10H22N2OS. The second-order valence-corrected chi connectivity index (χ2v) is 6.30. The van der Waals surface area contributed by atoms with Gasteiger partial charge >= 0.3 is 0 Å². The highest BCUT2D eigenvalue weighted by atomic mass is 32.2. The maximum absolute atomic E-state index is 11.2. The molecule has 0 aromatic heterocycles. The first-order valence-electron chi connectivity index (χ1n) is 5.31. The van der Waals surface area contributed by atoms with Crippen molar-refractivity contribution in [3.8, 4) is 0 Å². The first kappa shape index (κ1) is 12.1. The molecule has 1 fully saturated rings. The zero-order chi connectivity index (χ0) is 10.7. The third-order valence-electron chi connectivity index (χ3n) is 3.14. The van der Waals surface area contributed by atoms with E-state index in [1.807, 2.05) is 0 Å². The molecule has 14 heavy (non-hydrogen) atoms. The summed E-state index contributed by atoms with van der Waals surface area (Å²) < 4.78 is 11.2. The van der Waals surface area contributed by atoms with Gasteiger partial charge in [-0.3, -0.25) is 4.21 Å². The van der Waals surface area contributed by atoms with Crippen molar-refractivity contribution in [2.24, 2.45) is 11.7 Å². The van der Waals surface area contributed by atoms with Crippen molar-refractivity contribution < 1.29 is 4.21 Å². The maximum Gasteiger partial charge on any atom is 0.0444 e. The van der Waals surface area contributed by atoms with Gasteiger partial charge in [-0.1, -0.05) is 6.92 Å². The van der Waals surface area contributed by atoms with Gasteiger partial charge in [-0.05, 0) is 25.8 Å². The summed E-state index contributed by atoms with van der Waals surface area (Å²) in [6.07, 6.45) is 2.86. The van der Waals surface area contributed by atoms with E-state index in [0.717, 1.165) is 26.1 Å². The Morgan fingerprint density at radius 2 is 2.29 bits per heavy atom. The smallest absolute Gasteiger partial charge is 0.0444 e. The van der Waals surface area contributed by atoms with Crippen molar-refractivity contribution in [2.75, 3.05) is 25.9 Å². The molecule has 4 atom stereocenters. The average molecular weight is 218 g/mol. The van der Waals surface area contributed by atoms with Crippen molar-refractivity contribution in [1.29, 1.82) is 0 Å². The lowest BCUT2D eigenvalue weighted by Gasteiger charge is -2.36. The zero-order valence-electron chi connectivity index (χ0n) is 9.40. The van der Waals surface area contributed by atoms with E-state index in [1.165, 1.54) is 0 Å². The number of hydrogen-bond donors (Lipinski definition) is 1. The Morgan fingerprint density at radius 3 is 2.79 bits per heavy atom. The third kappa shape index (κ3) is 3.33. The van der Waals surface area contributed by atoms with Crippen molar-refractivity contribution in [3.63, 3.8) is 0 Å². The average Bonchev–Trinajstić information content (AvgIpc) is 2.11. The van der Waals surface area contributed by atoms with Gasteiger partial charge in [-0.25, -0.2) is 0 Å². The summed E-state index contributed by atoms with van der Waals surface area (Å²) in [5.41, 5.74) is 5.94. The van der Waals surface area contributed by atoms with Crippen molar-refractivity contribution in [1.82, 2.24) is 4.90 Å². The fourth-order valence-corrected chi connectivity index (χ4v) is 2.31. The minimum atomic E-state index is -0.705. The van der Waals surface area contributed by atoms with E-state index in [9.17, 15) is 4.21 Å². The summed E-state index contributed by atoms with van der Waals surface area (Å²) in [4.78, 5) is 2.39.